The van der Waals surface area contributed by atoms with Crippen molar-refractivity contribution in [3.8, 4) is 5.75 Å². The molecule has 0 aliphatic rings. The molecule has 0 amide bonds. The number of hydrogen-bond donors (Lipinski definition) is 0. The molecule has 188 valence electrons. The van der Waals surface area contributed by atoms with Crippen molar-refractivity contribution in [2.24, 2.45) is 5.92 Å². The number of quaternary nitrogens is 1. The van der Waals surface area contributed by atoms with E-state index in [9.17, 15) is 4.79 Å². The van der Waals surface area contributed by atoms with Gasteiger partial charge >= 0.3 is 5.97 Å². The molecule has 2 aromatic rings. The molecular weight excluding hydrogens is 422 g/mol. The highest BCUT2D eigenvalue weighted by molar-refractivity contribution is 5.72. The predicted octanol–water partition coefficient (Wildman–Crippen LogP) is 7.16. The third-order valence-corrected chi connectivity index (χ3v) is 6.37. The molecule has 2 unspecified atom stereocenters. The molecule has 0 bridgehead atoms. The molecular formula is C30H46NO3+. The molecule has 4 heteroatoms. The lowest BCUT2D eigenvalue weighted by Gasteiger charge is -2.31. The molecule has 0 aliphatic heterocycles. The van der Waals surface area contributed by atoms with Crippen molar-refractivity contribution in [1.29, 1.82) is 0 Å². The van der Waals surface area contributed by atoms with E-state index in [4.69, 9.17) is 9.47 Å². The third-order valence-electron chi connectivity index (χ3n) is 6.37. The van der Waals surface area contributed by atoms with E-state index >= 15 is 0 Å². The molecule has 0 spiro atoms. The van der Waals surface area contributed by atoms with Crippen LogP contribution in [0.5, 0.6) is 5.75 Å². The van der Waals surface area contributed by atoms with Gasteiger partial charge in [-0.2, -0.15) is 0 Å². The normalized spacial score (nSPS) is 13.3. The number of carbonyl (C=O) groups excluding carboxylic acids is 1. The molecule has 0 N–H and O–H groups in total. The first-order valence-corrected chi connectivity index (χ1v) is 13.1. The molecule has 2 atom stereocenters. The zero-order chi connectivity index (χ0) is 24.8. The van der Waals surface area contributed by atoms with E-state index in [1.807, 2.05) is 38.1 Å². The highest BCUT2D eigenvalue weighted by Crippen LogP contribution is 2.23. The zero-order valence-electron chi connectivity index (χ0n) is 22.1. The van der Waals surface area contributed by atoms with Gasteiger partial charge in [-0.1, -0.05) is 94.5 Å². The fraction of sp³-hybridized carbons (Fsp3) is 0.567. The summed E-state index contributed by atoms with van der Waals surface area (Å²) < 4.78 is 12.5. The van der Waals surface area contributed by atoms with Crippen LogP contribution >= 0.6 is 0 Å². The Morgan fingerprint density at radius 1 is 0.882 bits per heavy atom. The summed E-state index contributed by atoms with van der Waals surface area (Å²) >= 11 is 0. The monoisotopic (exact) mass is 468 g/mol. The van der Waals surface area contributed by atoms with Crippen LogP contribution in [0.2, 0.25) is 0 Å². The number of benzene rings is 2. The lowest BCUT2D eigenvalue weighted by Crippen LogP contribution is -2.41. The second-order valence-corrected chi connectivity index (χ2v) is 10.2. The summed E-state index contributed by atoms with van der Waals surface area (Å²) in [6.45, 7) is 7.85. The number of para-hydroxylation sites is 1. The molecule has 0 aromatic heterocycles. The van der Waals surface area contributed by atoms with Gasteiger partial charge in [0.05, 0.1) is 26.6 Å². The summed E-state index contributed by atoms with van der Waals surface area (Å²) in [6, 6.07) is 18.6. The maximum atomic E-state index is 12.7. The molecule has 0 fully saturated rings. The minimum Gasteiger partial charge on any atom is -0.455 e. The van der Waals surface area contributed by atoms with Crippen LogP contribution in [0.25, 0.3) is 0 Å². The maximum Gasteiger partial charge on any atom is 0.311 e. The first-order chi connectivity index (χ1) is 16.3. The summed E-state index contributed by atoms with van der Waals surface area (Å²) in [7, 11) is 4.41. The Morgan fingerprint density at radius 3 is 2.26 bits per heavy atom. The first-order valence-electron chi connectivity index (χ1n) is 13.1. The van der Waals surface area contributed by atoms with E-state index in [1.165, 1.54) is 43.2 Å². The van der Waals surface area contributed by atoms with E-state index in [2.05, 4.69) is 51.4 Å². The summed E-state index contributed by atoms with van der Waals surface area (Å²) in [5.74, 6) is 0.461. The van der Waals surface area contributed by atoms with Gasteiger partial charge in [-0.05, 0) is 24.5 Å². The van der Waals surface area contributed by atoms with Gasteiger partial charge in [0.2, 0.25) is 6.29 Å². The summed E-state index contributed by atoms with van der Waals surface area (Å²) in [6.07, 6.45) is 8.79. The second-order valence-electron chi connectivity index (χ2n) is 10.2. The Hall–Kier alpha value is -2.33. The molecule has 4 nitrogen and oxygen atoms in total. The summed E-state index contributed by atoms with van der Waals surface area (Å²) in [4.78, 5) is 12.7. The average molecular weight is 469 g/mol. The van der Waals surface area contributed by atoms with Crippen molar-refractivity contribution in [2.75, 3.05) is 20.6 Å². The number of ether oxygens (including phenoxy) is 2. The van der Waals surface area contributed by atoms with Crippen LogP contribution in [0.4, 0.5) is 0 Å². The smallest absolute Gasteiger partial charge is 0.311 e. The molecule has 0 aliphatic carbocycles. The fourth-order valence-corrected chi connectivity index (χ4v) is 4.22. The van der Waals surface area contributed by atoms with E-state index in [-0.39, 0.29) is 11.9 Å². The second kappa shape index (κ2) is 14.8. The lowest BCUT2D eigenvalue weighted by molar-refractivity contribution is -0.904. The highest BCUT2D eigenvalue weighted by atomic mass is 16.7. The van der Waals surface area contributed by atoms with Crippen LogP contribution < -0.4 is 4.74 Å². The number of carbonyl (C=O) groups is 1. The molecule has 0 radical (unpaired) electrons. The van der Waals surface area contributed by atoms with Gasteiger partial charge in [-0.25, -0.2) is 0 Å². The first kappa shape index (κ1) is 27.9. The Morgan fingerprint density at radius 2 is 1.53 bits per heavy atom. The van der Waals surface area contributed by atoms with Crippen LogP contribution in [0.1, 0.15) is 76.8 Å². The standard InChI is InChI=1S/C30H46NO3/c1-6-7-8-9-10-14-19-28-20-15-16-21-29(28)33-26(3)34-30(32)25(2)22-23-31(4,5)24-27-17-12-11-13-18-27/h11-13,15-18,20-21,25-26H,6-10,14,19,22-24H2,1-5H3/q+1. The van der Waals surface area contributed by atoms with Crippen LogP contribution in [0.3, 0.4) is 0 Å². The van der Waals surface area contributed by atoms with Gasteiger partial charge < -0.3 is 14.0 Å². The lowest BCUT2D eigenvalue weighted by atomic mass is 10.0. The number of rotatable bonds is 16. The molecule has 0 saturated heterocycles. The van der Waals surface area contributed by atoms with E-state index in [1.54, 1.807) is 0 Å². The van der Waals surface area contributed by atoms with Crippen molar-refractivity contribution >= 4 is 5.97 Å². The third kappa shape index (κ3) is 10.7. The minimum absolute atomic E-state index is 0.169. The Labute approximate surface area is 207 Å². The van der Waals surface area contributed by atoms with Crippen LogP contribution in [-0.2, 0) is 22.5 Å². The highest BCUT2D eigenvalue weighted by Gasteiger charge is 2.23. The average Bonchev–Trinajstić information content (AvgIpc) is 2.81. The quantitative estimate of drug-likeness (QED) is 0.113. The van der Waals surface area contributed by atoms with Gasteiger partial charge in [0.15, 0.2) is 0 Å². The van der Waals surface area contributed by atoms with Gasteiger partial charge in [0.1, 0.15) is 12.3 Å². The number of nitrogens with zero attached hydrogens (tertiary/aromatic N) is 1. The van der Waals surface area contributed by atoms with E-state index < -0.39 is 6.29 Å². The Balaban J connectivity index is 1.77. The minimum atomic E-state index is -0.604. The van der Waals surface area contributed by atoms with Crippen molar-refractivity contribution < 1.29 is 18.8 Å². The zero-order valence-corrected chi connectivity index (χ0v) is 22.1. The van der Waals surface area contributed by atoms with E-state index in [0.29, 0.717) is 0 Å². The van der Waals surface area contributed by atoms with Gasteiger partial charge in [-0.15, -0.1) is 0 Å². The van der Waals surface area contributed by atoms with Crippen LogP contribution in [0.15, 0.2) is 54.6 Å². The SMILES string of the molecule is CCCCCCCCc1ccccc1OC(C)OC(=O)C(C)CC[N+](C)(C)Cc1ccccc1. The topological polar surface area (TPSA) is 35.5 Å². The summed E-state index contributed by atoms with van der Waals surface area (Å²) in [5.41, 5.74) is 2.50. The maximum absolute atomic E-state index is 12.7. The van der Waals surface area contributed by atoms with Crippen LogP contribution in [-0.4, -0.2) is 37.4 Å². The van der Waals surface area contributed by atoms with Crippen LogP contribution in [0, 0.1) is 5.92 Å². The van der Waals surface area contributed by atoms with Gasteiger partial charge in [0, 0.05) is 18.9 Å². The Kier molecular flexibility index (Phi) is 12.2. The van der Waals surface area contributed by atoms with Crippen molar-refractivity contribution in [1.82, 2.24) is 0 Å². The van der Waals surface area contributed by atoms with Gasteiger partial charge in [0.25, 0.3) is 0 Å². The molecule has 0 heterocycles. The summed E-state index contributed by atoms with van der Waals surface area (Å²) in [5, 5.41) is 0. The number of unbranched alkanes of at least 4 members (excludes halogenated alkanes) is 5. The largest absolute Gasteiger partial charge is 0.455 e. The van der Waals surface area contributed by atoms with Crippen molar-refractivity contribution in [2.45, 2.75) is 85.0 Å². The fourth-order valence-electron chi connectivity index (χ4n) is 4.22. The molecule has 0 saturated carbocycles. The van der Waals surface area contributed by atoms with Crippen molar-refractivity contribution in [3.05, 3.63) is 65.7 Å². The number of esters is 1. The number of aryl methyl sites for hydroxylation is 1. The Bertz CT molecular complexity index is 834. The predicted molar refractivity (Wildman–Crippen MR) is 141 cm³/mol. The molecule has 2 aromatic carbocycles. The molecule has 34 heavy (non-hydrogen) atoms. The number of hydrogen-bond acceptors (Lipinski definition) is 3. The van der Waals surface area contributed by atoms with Crippen molar-refractivity contribution in [3.63, 3.8) is 0 Å². The molecule has 2 rings (SSSR count). The van der Waals surface area contributed by atoms with Gasteiger partial charge in [-0.3, -0.25) is 4.79 Å². The van der Waals surface area contributed by atoms with E-state index in [0.717, 1.165) is 42.6 Å².